The van der Waals surface area contributed by atoms with Crippen molar-refractivity contribution in [3.8, 4) is 0 Å². The lowest BCUT2D eigenvalue weighted by Crippen LogP contribution is -1.69. The maximum absolute atomic E-state index is 3.57. The summed E-state index contributed by atoms with van der Waals surface area (Å²) in [4.78, 5) is 0. The number of nitrogens with one attached hydrogen (secondary N) is 1. The molecule has 40 valence electrons. The van der Waals surface area contributed by atoms with Crippen LogP contribution >= 0.6 is 24.0 Å². The third-order valence-electron chi connectivity index (χ3n) is 0.451. The molecule has 1 N–H and O–H groups in total. The van der Waals surface area contributed by atoms with Crippen LogP contribution in [-0.2, 0) is 0 Å². The molecule has 1 aromatic heterocycles. The Morgan fingerprint density at radius 1 is 1.57 bits per heavy atom. The van der Waals surface area contributed by atoms with Gasteiger partial charge in [-0.3, -0.25) is 0 Å². The quantitative estimate of drug-likeness (QED) is 0.621. The van der Waals surface area contributed by atoms with Crippen LogP contribution in [0.5, 0.6) is 0 Å². The fraction of sp³-hybridized carbons (Fsp3) is 0.500. The number of tetrazole rings is 1. The molecule has 4 nitrogen and oxygen atoms in total. The molecule has 0 bridgehead atoms. The van der Waals surface area contributed by atoms with E-state index in [9.17, 15) is 0 Å². The zero-order valence-electron chi connectivity index (χ0n) is 3.75. The summed E-state index contributed by atoms with van der Waals surface area (Å²) < 4.78 is 0. The van der Waals surface area contributed by atoms with Crippen LogP contribution in [0.2, 0.25) is 0 Å². The van der Waals surface area contributed by atoms with Gasteiger partial charge >= 0.3 is 0 Å². The highest BCUT2D eigenvalue weighted by Crippen LogP contribution is 1.69. The molecule has 0 aliphatic rings. The molecule has 0 unspecified atom stereocenters. The van der Waals surface area contributed by atoms with E-state index in [0.717, 1.165) is 0 Å². The summed E-state index contributed by atoms with van der Waals surface area (Å²) in [7, 11) is 0. The first-order valence-electron chi connectivity index (χ1n) is 1.59. The highest BCUT2D eigenvalue weighted by atomic mass is 127. The summed E-state index contributed by atoms with van der Waals surface area (Å²) in [6, 6.07) is 0. The first-order chi connectivity index (χ1) is 2.89. The Hall–Kier alpha value is -0.200. The van der Waals surface area contributed by atoms with Crippen molar-refractivity contribution in [1.29, 1.82) is 0 Å². The van der Waals surface area contributed by atoms with E-state index in [-0.39, 0.29) is 24.0 Å². The number of rotatable bonds is 0. The molecule has 0 saturated heterocycles. The summed E-state index contributed by atoms with van der Waals surface area (Å²) in [6.07, 6.45) is 0. The van der Waals surface area contributed by atoms with E-state index in [0.29, 0.717) is 5.82 Å². The molecule has 0 fully saturated rings. The fourth-order valence-corrected chi connectivity index (χ4v) is 0.212. The first kappa shape index (κ1) is 6.80. The minimum atomic E-state index is 0. The SMILES string of the molecule is Cc1nn[nH]n1.I. The smallest absolute Gasteiger partial charge is 0.171 e. The van der Waals surface area contributed by atoms with Gasteiger partial charge in [0.25, 0.3) is 0 Å². The predicted octanol–water partition coefficient (Wildman–Crippen LogP) is 0.126. The van der Waals surface area contributed by atoms with Gasteiger partial charge in [0, 0.05) is 0 Å². The number of hydrogen-bond donors (Lipinski definition) is 1. The third kappa shape index (κ3) is 1.81. The molecule has 0 aromatic carbocycles. The Balaban J connectivity index is 0.000000360. The molecule has 0 aliphatic heterocycles. The zero-order chi connectivity index (χ0) is 4.41. The highest BCUT2D eigenvalue weighted by Gasteiger charge is 1.78. The Bertz CT molecular complexity index is 113. The van der Waals surface area contributed by atoms with Crippen LogP contribution in [0.4, 0.5) is 0 Å². The van der Waals surface area contributed by atoms with Gasteiger partial charge in [0.1, 0.15) is 0 Å². The summed E-state index contributed by atoms with van der Waals surface area (Å²) in [5.74, 6) is 0.676. The average Bonchev–Trinajstić information content (AvgIpc) is 1.86. The van der Waals surface area contributed by atoms with Gasteiger partial charge in [0.2, 0.25) is 0 Å². The number of halogens is 1. The third-order valence-corrected chi connectivity index (χ3v) is 0.451. The van der Waals surface area contributed by atoms with Gasteiger partial charge in [0.05, 0.1) is 0 Å². The molecule has 1 heterocycles. The van der Waals surface area contributed by atoms with Gasteiger partial charge in [-0.1, -0.05) is 5.21 Å². The van der Waals surface area contributed by atoms with Crippen molar-refractivity contribution < 1.29 is 0 Å². The van der Waals surface area contributed by atoms with Crippen LogP contribution in [0.25, 0.3) is 0 Å². The molecular weight excluding hydrogens is 207 g/mol. The van der Waals surface area contributed by atoms with E-state index >= 15 is 0 Å². The van der Waals surface area contributed by atoms with Crippen LogP contribution in [0.3, 0.4) is 0 Å². The predicted molar refractivity (Wildman–Crippen MR) is 34.3 cm³/mol. The van der Waals surface area contributed by atoms with E-state index in [4.69, 9.17) is 0 Å². The summed E-state index contributed by atoms with van der Waals surface area (Å²) in [6.45, 7) is 1.77. The van der Waals surface area contributed by atoms with Crippen LogP contribution in [0.1, 0.15) is 5.82 Å². The molecule has 0 aliphatic carbocycles. The van der Waals surface area contributed by atoms with Gasteiger partial charge < -0.3 is 0 Å². The second kappa shape index (κ2) is 2.89. The molecule has 0 amide bonds. The largest absolute Gasteiger partial charge is 0.177 e. The highest BCUT2D eigenvalue weighted by molar-refractivity contribution is 14.0. The van der Waals surface area contributed by atoms with E-state index in [1.807, 2.05) is 0 Å². The van der Waals surface area contributed by atoms with Gasteiger partial charge in [0.15, 0.2) is 5.82 Å². The normalized spacial score (nSPS) is 7.57. The van der Waals surface area contributed by atoms with Crippen LogP contribution in [0.15, 0.2) is 0 Å². The van der Waals surface area contributed by atoms with Crippen molar-refractivity contribution >= 4 is 24.0 Å². The van der Waals surface area contributed by atoms with Crippen molar-refractivity contribution in [2.45, 2.75) is 6.92 Å². The van der Waals surface area contributed by atoms with E-state index in [1.54, 1.807) is 6.92 Å². The fourth-order valence-electron chi connectivity index (χ4n) is 0.212. The molecule has 5 heteroatoms. The number of aromatic nitrogens is 4. The monoisotopic (exact) mass is 212 g/mol. The van der Waals surface area contributed by atoms with E-state index < -0.39 is 0 Å². The molecule has 1 aromatic rings. The number of aryl methyl sites for hydroxylation is 1. The van der Waals surface area contributed by atoms with Crippen molar-refractivity contribution in [3.63, 3.8) is 0 Å². The van der Waals surface area contributed by atoms with Crippen molar-refractivity contribution in [3.05, 3.63) is 5.82 Å². The maximum Gasteiger partial charge on any atom is 0.171 e. The second-order valence-corrected chi connectivity index (χ2v) is 0.959. The molecule has 7 heavy (non-hydrogen) atoms. The minimum Gasteiger partial charge on any atom is -0.177 e. The lowest BCUT2D eigenvalue weighted by molar-refractivity contribution is 0.881. The Morgan fingerprint density at radius 2 is 2.29 bits per heavy atom. The second-order valence-electron chi connectivity index (χ2n) is 0.959. The van der Waals surface area contributed by atoms with Gasteiger partial charge in [-0.15, -0.1) is 34.2 Å². The summed E-state index contributed by atoms with van der Waals surface area (Å²) in [5, 5.41) is 12.7. The topological polar surface area (TPSA) is 54.5 Å². The molecule has 0 saturated carbocycles. The number of H-pyrrole nitrogens is 1. The Labute approximate surface area is 57.7 Å². The molecule has 1 rings (SSSR count). The van der Waals surface area contributed by atoms with Crippen LogP contribution < -0.4 is 0 Å². The van der Waals surface area contributed by atoms with E-state index in [1.165, 1.54) is 0 Å². The van der Waals surface area contributed by atoms with Gasteiger partial charge in [-0.25, -0.2) is 0 Å². The number of nitrogens with zero attached hydrogens (tertiary/aromatic N) is 3. The van der Waals surface area contributed by atoms with Crippen molar-refractivity contribution in [2.75, 3.05) is 0 Å². The molecule has 0 spiro atoms. The number of hydrogen-bond acceptors (Lipinski definition) is 3. The Kier molecular flexibility index (Phi) is 2.81. The molecular formula is C2H5IN4. The van der Waals surface area contributed by atoms with Gasteiger partial charge in [-0.2, -0.15) is 5.21 Å². The number of aromatic amines is 1. The van der Waals surface area contributed by atoms with Crippen LogP contribution in [0, 0.1) is 6.92 Å². The minimum absolute atomic E-state index is 0. The van der Waals surface area contributed by atoms with Gasteiger partial charge in [-0.05, 0) is 6.92 Å². The summed E-state index contributed by atoms with van der Waals surface area (Å²) in [5.41, 5.74) is 0. The molecule has 0 radical (unpaired) electrons. The maximum atomic E-state index is 3.57. The lowest BCUT2D eigenvalue weighted by Gasteiger charge is -1.59. The zero-order valence-corrected chi connectivity index (χ0v) is 6.08. The van der Waals surface area contributed by atoms with Crippen molar-refractivity contribution in [1.82, 2.24) is 20.6 Å². The van der Waals surface area contributed by atoms with E-state index in [2.05, 4.69) is 20.6 Å². The molecule has 0 atom stereocenters. The first-order valence-corrected chi connectivity index (χ1v) is 1.59. The standard InChI is InChI=1S/C2H4N4.HI/c1-2-3-5-6-4-2;/h1H3,(H,3,4,5,6);1H. The van der Waals surface area contributed by atoms with Crippen molar-refractivity contribution in [2.24, 2.45) is 0 Å². The Morgan fingerprint density at radius 3 is 2.43 bits per heavy atom. The lowest BCUT2D eigenvalue weighted by atomic mass is 10.8. The van der Waals surface area contributed by atoms with Crippen LogP contribution in [-0.4, -0.2) is 20.6 Å². The summed E-state index contributed by atoms with van der Waals surface area (Å²) >= 11 is 0. The average molecular weight is 212 g/mol.